The molecule has 0 saturated carbocycles. The molecule has 3 amide bonds. The van der Waals surface area contributed by atoms with Crippen molar-refractivity contribution in [3.63, 3.8) is 0 Å². The SMILES string of the molecule is CCCCCCCCCCCCCCCCCN(C(C)=O)C(=O)SC1CCCOC1COC(=O)NCc1cccc[n+]1CC. The highest BCUT2D eigenvalue weighted by molar-refractivity contribution is 8.14. The summed E-state index contributed by atoms with van der Waals surface area (Å²) in [5, 5.41) is 2.40. The number of hydrogen-bond acceptors (Lipinski definition) is 6. The Bertz CT molecular complexity index is 947. The van der Waals surface area contributed by atoms with E-state index in [-0.39, 0.29) is 29.1 Å². The Balaban J connectivity index is 1.61. The number of imide groups is 1. The molecule has 0 bridgehead atoms. The highest BCUT2D eigenvalue weighted by atomic mass is 32.2. The lowest BCUT2D eigenvalue weighted by atomic mass is 10.0. The number of pyridine rings is 1. The van der Waals surface area contributed by atoms with Gasteiger partial charge in [0.05, 0.1) is 0 Å². The molecular weight excluding hydrogens is 574 g/mol. The number of carbonyl (C=O) groups is 3. The molecular formula is C35H60N3O5S+. The fourth-order valence-electron chi connectivity index (χ4n) is 5.67. The first-order chi connectivity index (χ1) is 21.5. The summed E-state index contributed by atoms with van der Waals surface area (Å²) in [4.78, 5) is 39.2. The highest BCUT2D eigenvalue weighted by Gasteiger charge is 2.32. The zero-order valence-electron chi connectivity index (χ0n) is 27.9. The van der Waals surface area contributed by atoms with Crippen molar-refractivity contribution in [3.05, 3.63) is 30.1 Å². The summed E-state index contributed by atoms with van der Waals surface area (Å²) in [5.74, 6) is -0.220. The van der Waals surface area contributed by atoms with Gasteiger partial charge >= 0.3 is 6.09 Å². The van der Waals surface area contributed by atoms with Crippen molar-refractivity contribution in [2.24, 2.45) is 0 Å². The van der Waals surface area contributed by atoms with E-state index in [4.69, 9.17) is 9.47 Å². The zero-order chi connectivity index (χ0) is 31.8. The van der Waals surface area contributed by atoms with Crippen molar-refractivity contribution in [1.82, 2.24) is 10.2 Å². The van der Waals surface area contributed by atoms with Crippen LogP contribution in [0, 0.1) is 0 Å². The van der Waals surface area contributed by atoms with Gasteiger partial charge in [0.25, 0.3) is 5.24 Å². The minimum absolute atomic E-state index is 0.0679. The van der Waals surface area contributed by atoms with Gasteiger partial charge in [0.15, 0.2) is 6.20 Å². The topological polar surface area (TPSA) is 88.8 Å². The van der Waals surface area contributed by atoms with Crippen molar-refractivity contribution in [1.29, 1.82) is 0 Å². The third-order valence-electron chi connectivity index (χ3n) is 8.39. The molecule has 1 aromatic rings. The molecule has 0 radical (unpaired) electrons. The van der Waals surface area contributed by atoms with Crippen LogP contribution in [0.25, 0.3) is 0 Å². The maximum Gasteiger partial charge on any atom is 0.407 e. The molecule has 1 N–H and O–H groups in total. The fraction of sp³-hybridized carbons (Fsp3) is 0.771. The molecule has 9 heteroatoms. The predicted octanol–water partition coefficient (Wildman–Crippen LogP) is 8.34. The van der Waals surface area contributed by atoms with Gasteiger partial charge in [0.1, 0.15) is 25.8 Å². The van der Waals surface area contributed by atoms with Crippen LogP contribution in [0.15, 0.2) is 24.4 Å². The van der Waals surface area contributed by atoms with E-state index in [1.807, 2.05) is 24.4 Å². The second-order valence-electron chi connectivity index (χ2n) is 12.0. The van der Waals surface area contributed by atoms with Crippen LogP contribution in [-0.2, 0) is 27.4 Å². The minimum Gasteiger partial charge on any atom is -0.447 e. The Morgan fingerprint density at radius 3 is 2.14 bits per heavy atom. The lowest BCUT2D eigenvalue weighted by Gasteiger charge is -2.31. The predicted molar refractivity (Wildman–Crippen MR) is 179 cm³/mol. The Morgan fingerprint density at radius 2 is 1.55 bits per heavy atom. The number of ether oxygens (including phenoxy) is 2. The van der Waals surface area contributed by atoms with E-state index in [0.29, 0.717) is 19.7 Å². The summed E-state index contributed by atoms with van der Waals surface area (Å²) in [5.41, 5.74) is 0.985. The van der Waals surface area contributed by atoms with Crippen LogP contribution in [0.3, 0.4) is 0 Å². The summed E-state index contributed by atoms with van der Waals surface area (Å²) in [6.45, 7) is 8.04. The highest BCUT2D eigenvalue weighted by Crippen LogP contribution is 2.29. The largest absolute Gasteiger partial charge is 0.447 e. The third-order valence-corrected chi connectivity index (χ3v) is 9.65. The maximum absolute atomic E-state index is 13.1. The number of thioether (sulfide) groups is 1. The first-order valence-corrected chi connectivity index (χ1v) is 18.3. The number of alkyl carbamates (subject to hydrolysis) is 1. The molecule has 1 fully saturated rings. The Kier molecular flexibility index (Phi) is 20.9. The summed E-state index contributed by atoms with van der Waals surface area (Å²) in [7, 11) is 0. The molecule has 1 aliphatic rings. The zero-order valence-corrected chi connectivity index (χ0v) is 28.7. The Morgan fingerprint density at radius 1 is 0.932 bits per heavy atom. The number of aryl methyl sites for hydroxylation is 1. The van der Waals surface area contributed by atoms with Crippen molar-refractivity contribution in [3.8, 4) is 0 Å². The van der Waals surface area contributed by atoms with E-state index in [1.54, 1.807) is 0 Å². The second-order valence-corrected chi connectivity index (χ2v) is 13.2. The van der Waals surface area contributed by atoms with E-state index < -0.39 is 6.09 Å². The van der Waals surface area contributed by atoms with Crippen LogP contribution in [0.5, 0.6) is 0 Å². The van der Waals surface area contributed by atoms with Gasteiger partial charge in [0, 0.05) is 37.5 Å². The van der Waals surface area contributed by atoms with Crippen molar-refractivity contribution in [2.75, 3.05) is 19.8 Å². The van der Waals surface area contributed by atoms with Gasteiger partial charge in [-0.2, -0.15) is 0 Å². The number of nitrogens with zero attached hydrogens (tertiary/aromatic N) is 2. The quantitative estimate of drug-likeness (QED) is 0.102. The molecule has 250 valence electrons. The van der Waals surface area contributed by atoms with Crippen LogP contribution in [0.4, 0.5) is 9.59 Å². The molecule has 0 aromatic carbocycles. The van der Waals surface area contributed by atoms with Gasteiger partial charge in [0.2, 0.25) is 11.6 Å². The van der Waals surface area contributed by atoms with Crippen LogP contribution in [0.1, 0.15) is 136 Å². The molecule has 1 aliphatic heterocycles. The third kappa shape index (κ3) is 16.3. The first kappa shape index (κ1) is 38.1. The van der Waals surface area contributed by atoms with Gasteiger partial charge in [-0.05, 0) is 26.2 Å². The van der Waals surface area contributed by atoms with E-state index in [9.17, 15) is 14.4 Å². The number of nitrogens with one attached hydrogen (secondary N) is 1. The number of unbranched alkanes of at least 4 members (excludes halogenated alkanes) is 14. The molecule has 1 saturated heterocycles. The lowest BCUT2D eigenvalue weighted by molar-refractivity contribution is -0.701. The molecule has 44 heavy (non-hydrogen) atoms. The standard InChI is InChI=1S/C35H59N3O5S/c1-4-6-7-8-9-10-11-12-13-14-15-16-17-18-20-26-38(30(3)39)35(41)44-33-24-22-27-42-32(33)29-43-34(40)36-28-31-23-19-21-25-37(31)5-2/h19,21,23,25,32-33H,4-18,20,22,24,26-29H2,1-3H3/p+1. The number of hydrogen-bond donors (Lipinski definition) is 1. The van der Waals surface area contributed by atoms with Crippen molar-refractivity contribution in [2.45, 2.75) is 154 Å². The smallest absolute Gasteiger partial charge is 0.407 e. The normalized spacial score (nSPS) is 16.4. The van der Waals surface area contributed by atoms with Crippen molar-refractivity contribution >= 4 is 29.0 Å². The Labute approximate surface area is 271 Å². The number of amides is 3. The van der Waals surface area contributed by atoms with Crippen LogP contribution in [0.2, 0.25) is 0 Å². The van der Waals surface area contributed by atoms with Crippen LogP contribution >= 0.6 is 11.8 Å². The Hall–Kier alpha value is -2.13. The lowest BCUT2D eigenvalue weighted by Crippen LogP contribution is -2.42. The minimum atomic E-state index is -0.515. The number of carbonyl (C=O) groups excluding carboxylic acids is 3. The molecule has 2 unspecified atom stereocenters. The molecule has 0 spiro atoms. The molecule has 1 aromatic heterocycles. The van der Waals surface area contributed by atoms with E-state index >= 15 is 0 Å². The van der Waals surface area contributed by atoms with E-state index in [2.05, 4.69) is 23.7 Å². The molecule has 2 rings (SSSR count). The maximum atomic E-state index is 13.1. The van der Waals surface area contributed by atoms with Crippen LogP contribution in [-0.4, -0.2) is 53.3 Å². The number of rotatable bonds is 22. The number of aromatic nitrogens is 1. The van der Waals surface area contributed by atoms with Gasteiger partial charge < -0.3 is 14.8 Å². The van der Waals surface area contributed by atoms with Gasteiger partial charge in [-0.3, -0.25) is 14.5 Å². The summed E-state index contributed by atoms with van der Waals surface area (Å²) >= 11 is 1.15. The van der Waals surface area contributed by atoms with E-state index in [1.165, 1.54) is 88.9 Å². The molecule has 8 nitrogen and oxygen atoms in total. The van der Waals surface area contributed by atoms with Crippen molar-refractivity contribution < 1.29 is 28.4 Å². The average Bonchev–Trinajstić information content (AvgIpc) is 3.03. The molecule has 2 heterocycles. The monoisotopic (exact) mass is 634 g/mol. The van der Waals surface area contributed by atoms with Gasteiger partial charge in [-0.25, -0.2) is 9.36 Å². The first-order valence-electron chi connectivity index (χ1n) is 17.4. The second kappa shape index (κ2) is 24.1. The summed E-state index contributed by atoms with van der Waals surface area (Å²) in [6.07, 6.45) is 21.9. The van der Waals surface area contributed by atoms with Gasteiger partial charge in [-0.1, -0.05) is 115 Å². The van der Waals surface area contributed by atoms with E-state index in [0.717, 1.165) is 56.1 Å². The molecule has 2 atom stereocenters. The van der Waals surface area contributed by atoms with Crippen LogP contribution < -0.4 is 9.88 Å². The fourth-order valence-corrected chi connectivity index (χ4v) is 6.87. The summed E-state index contributed by atoms with van der Waals surface area (Å²) < 4.78 is 13.4. The average molecular weight is 635 g/mol. The summed E-state index contributed by atoms with van der Waals surface area (Å²) in [6, 6.07) is 5.86. The molecule has 0 aliphatic carbocycles. The van der Waals surface area contributed by atoms with Gasteiger partial charge in [-0.15, -0.1) is 0 Å².